The Morgan fingerprint density at radius 1 is 1.44 bits per heavy atom. The van der Waals surface area contributed by atoms with Crippen molar-refractivity contribution < 1.29 is 9.47 Å². The molecule has 0 aliphatic carbocycles. The van der Waals surface area contributed by atoms with E-state index in [2.05, 4.69) is 25.3 Å². The van der Waals surface area contributed by atoms with Crippen molar-refractivity contribution in [3.05, 3.63) is 33.5 Å². The molecule has 0 spiro atoms. The fourth-order valence-electron chi connectivity index (χ4n) is 1.23. The third kappa shape index (κ3) is 3.65. The Morgan fingerprint density at radius 3 is 3.00 bits per heavy atom. The molecule has 0 aliphatic rings. The van der Waals surface area contributed by atoms with Crippen molar-refractivity contribution in [2.45, 2.75) is 6.42 Å². The topological polar surface area (TPSA) is 44.2 Å². The minimum Gasteiger partial charge on any atom is -0.428 e. The number of nitrogens with zero attached hydrogens (tertiary/aromatic N) is 2. The molecule has 0 unspecified atom stereocenters. The van der Waals surface area contributed by atoms with E-state index in [9.17, 15) is 0 Å². The summed E-state index contributed by atoms with van der Waals surface area (Å²) in [5.41, 5.74) is 0. The maximum atomic E-state index is 6.05. The molecule has 4 nitrogen and oxygen atoms in total. The van der Waals surface area contributed by atoms with E-state index >= 15 is 0 Å². The zero-order chi connectivity index (χ0) is 13.0. The van der Waals surface area contributed by atoms with E-state index in [1.807, 2.05) is 6.07 Å². The van der Waals surface area contributed by atoms with Gasteiger partial charge in [0.1, 0.15) is 11.6 Å². The molecule has 0 N–H and O–H groups in total. The lowest BCUT2D eigenvalue weighted by Gasteiger charge is -2.03. The second kappa shape index (κ2) is 6.47. The van der Waals surface area contributed by atoms with E-state index in [1.54, 1.807) is 19.2 Å². The van der Waals surface area contributed by atoms with Gasteiger partial charge < -0.3 is 9.47 Å². The van der Waals surface area contributed by atoms with E-state index in [1.165, 1.54) is 11.5 Å². The van der Waals surface area contributed by atoms with Crippen LogP contribution in [-0.4, -0.2) is 23.1 Å². The fraction of sp³-hybridized carbons (Fsp3) is 0.273. The normalized spacial score (nSPS) is 10.6. The third-order valence-corrected chi connectivity index (χ3v) is 3.49. The van der Waals surface area contributed by atoms with E-state index in [4.69, 9.17) is 21.1 Å². The van der Waals surface area contributed by atoms with Gasteiger partial charge in [-0.15, -0.1) is 0 Å². The van der Waals surface area contributed by atoms with Gasteiger partial charge in [-0.25, -0.2) is 0 Å². The average Bonchev–Trinajstić information content (AvgIpc) is 2.78. The van der Waals surface area contributed by atoms with Crippen LogP contribution < -0.4 is 4.74 Å². The van der Waals surface area contributed by atoms with Gasteiger partial charge in [0.05, 0.1) is 11.6 Å². The molecule has 0 bridgehead atoms. The smallest absolute Gasteiger partial charge is 0.298 e. The van der Waals surface area contributed by atoms with Gasteiger partial charge in [-0.05, 0) is 18.2 Å². The Labute approximate surface area is 122 Å². The summed E-state index contributed by atoms with van der Waals surface area (Å²) in [6, 6.07) is 5.40. The second-order valence-electron chi connectivity index (χ2n) is 3.40. The van der Waals surface area contributed by atoms with E-state index in [0.29, 0.717) is 34.8 Å². The van der Waals surface area contributed by atoms with Crippen molar-refractivity contribution in [1.82, 2.24) is 9.36 Å². The molecule has 0 saturated heterocycles. The van der Waals surface area contributed by atoms with Crippen LogP contribution in [0.3, 0.4) is 0 Å². The van der Waals surface area contributed by atoms with Crippen molar-refractivity contribution in [3.8, 4) is 10.9 Å². The molecular weight excluding hydrogens is 340 g/mol. The van der Waals surface area contributed by atoms with Crippen LogP contribution in [0.5, 0.6) is 10.9 Å². The maximum absolute atomic E-state index is 6.05. The molecule has 1 aromatic heterocycles. The zero-order valence-electron chi connectivity index (χ0n) is 9.52. The van der Waals surface area contributed by atoms with Gasteiger partial charge in [0.15, 0.2) is 0 Å². The van der Waals surface area contributed by atoms with E-state index in [0.717, 1.165) is 4.47 Å². The largest absolute Gasteiger partial charge is 0.428 e. The molecule has 0 amide bonds. The Kier molecular flexibility index (Phi) is 4.94. The molecule has 2 rings (SSSR count). The summed E-state index contributed by atoms with van der Waals surface area (Å²) >= 11 is 10.6. The lowest BCUT2D eigenvalue weighted by Crippen LogP contribution is -1.96. The number of benzene rings is 1. The van der Waals surface area contributed by atoms with Crippen LogP contribution in [0.25, 0.3) is 0 Å². The summed E-state index contributed by atoms with van der Waals surface area (Å²) in [5.74, 6) is 1.28. The molecule has 0 saturated carbocycles. The SMILES string of the molecule is COCCc1nsc(Oc2ccc(Br)cc2Cl)n1. The predicted molar refractivity (Wildman–Crippen MR) is 74.7 cm³/mol. The van der Waals surface area contributed by atoms with Crippen molar-refractivity contribution in [2.24, 2.45) is 0 Å². The first-order valence-corrected chi connectivity index (χ1v) is 7.08. The molecule has 0 aliphatic heterocycles. The number of ether oxygens (including phenoxy) is 2. The van der Waals surface area contributed by atoms with Crippen molar-refractivity contribution in [3.63, 3.8) is 0 Å². The van der Waals surface area contributed by atoms with Gasteiger partial charge in [0.2, 0.25) is 0 Å². The highest BCUT2D eigenvalue weighted by Crippen LogP contribution is 2.32. The molecule has 18 heavy (non-hydrogen) atoms. The first-order valence-electron chi connectivity index (χ1n) is 5.13. The molecule has 7 heteroatoms. The van der Waals surface area contributed by atoms with Crippen LogP contribution in [0, 0.1) is 0 Å². The Balaban J connectivity index is 2.06. The summed E-state index contributed by atoms with van der Waals surface area (Å²) in [4.78, 5) is 4.24. The van der Waals surface area contributed by atoms with Gasteiger partial charge in [0.25, 0.3) is 5.19 Å². The number of halogens is 2. The summed E-state index contributed by atoms with van der Waals surface area (Å²) in [6.07, 6.45) is 0.671. The molecule has 0 fully saturated rings. The Hall–Kier alpha value is -0.690. The summed E-state index contributed by atoms with van der Waals surface area (Å²) in [5, 5.41) is 1.00. The van der Waals surface area contributed by atoms with Crippen molar-refractivity contribution in [1.29, 1.82) is 0 Å². The molecule has 1 heterocycles. The molecule has 2 aromatic rings. The third-order valence-electron chi connectivity index (χ3n) is 2.07. The van der Waals surface area contributed by atoms with Gasteiger partial charge in [-0.3, -0.25) is 0 Å². The van der Waals surface area contributed by atoms with Gasteiger partial charge in [-0.1, -0.05) is 27.5 Å². The highest BCUT2D eigenvalue weighted by Gasteiger charge is 2.09. The molecule has 0 atom stereocenters. The number of methoxy groups -OCH3 is 1. The van der Waals surface area contributed by atoms with Crippen LogP contribution in [0.15, 0.2) is 22.7 Å². The number of hydrogen-bond acceptors (Lipinski definition) is 5. The number of hydrogen-bond donors (Lipinski definition) is 0. The maximum Gasteiger partial charge on any atom is 0.298 e. The van der Waals surface area contributed by atoms with Crippen molar-refractivity contribution in [2.75, 3.05) is 13.7 Å². The van der Waals surface area contributed by atoms with Gasteiger partial charge >= 0.3 is 0 Å². The molecule has 96 valence electrons. The minimum atomic E-state index is 0.477. The van der Waals surface area contributed by atoms with Crippen LogP contribution in [0.2, 0.25) is 5.02 Å². The van der Waals surface area contributed by atoms with Crippen LogP contribution >= 0.6 is 39.1 Å². The van der Waals surface area contributed by atoms with E-state index < -0.39 is 0 Å². The predicted octanol–water partition coefficient (Wildman–Crippen LogP) is 3.94. The number of aromatic nitrogens is 2. The Bertz CT molecular complexity index is 536. The van der Waals surface area contributed by atoms with E-state index in [-0.39, 0.29) is 0 Å². The van der Waals surface area contributed by atoms with Crippen molar-refractivity contribution >= 4 is 39.1 Å². The summed E-state index contributed by atoms with van der Waals surface area (Å²) in [7, 11) is 1.64. The van der Waals surface area contributed by atoms with Gasteiger partial charge in [-0.2, -0.15) is 9.36 Å². The van der Waals surface area contributed by atoms with Gasteiger partial charge in [0, 0.05) is 29.5 Å². The first kappa shape index (κ1) is 13.7. The number of rotatable bonds is 5. The molecular formula is C11H10BrClN2O2S. The fourth-order valence-corrected chi connectivity index (χ4v) is 2.53. The highest BCUT2D eigenvalue weighted by molar-refractivity contribution is 9.10. The Morgan fingerprint density at radius 2 is 2.28 bits per heavy atom. The molecule has 0 radical (unpaired) electrons. The quantitative estimate of drug-likeness (QED) is 0.820. The lowest BCUT2D eigenvalue weighted by atomic mass is 10.3. The zero-order valence-corrected chi connectivity index (χ0v) is 12.7. The second-order valence-corrected chi connectivity index (χ2v) is 5.43. The lowest BCUT2D eigenvalue weighted by molar-refractivity contribution is 0.200. The van der Waals surface area contributed by atoms with Crippen LogP contribution in [-0.2, 0) is 11.2 Å². The summed E-state index contributed by atoms with van der Waals surface area (Å²) in [6.45, 7) is 0.592. The minimum absolute atomic E-state index is 0.477. The highest BCUT2D eigenvalue weighted by atomic mass is 79.9. The molecule has 1 aromatic carbocycles. The monoisotopic (exact) mass is 348 g/mol. The summed E-state index contributed by atoms with van der Waals surface area (Å²) < 4.78 is 15.6. The van der Waals surface area contributed by atoms with Crippen LogP contribution in [0.1, 0.15) is 5.82 Å². The first-order chi connectivity index (χ1) is 8.69. The van der Waals surface area contributed by atoms with Crippen LogP contribution in [0.4, 0.5) is 0 Å². The standard InChI is InChI=1S/C11H10BrClN2O2S/c1-16-5-4-10-14-11(18-15-10)17-9-3-2-7(12)6-8(9)13/h2-3,6H,4-5H2,1H3. The average molecular weight is 350 g/mol.